The number of aliphatic hydroxyl groups is 1. The van der Waals surface area contributed by atoms with E-state index in [1.54, 1.807) is 30.2 Å². The quantitative estimate of drug-likeness (QED) is 0.392. The van der Waals surface area contributed by atoms with E-state index in [-0.39, 0.29) is 30.6 Å². The fraction of sp³-hybridized carbons (Fsp3) is 0.320. The van der Waals surface area contributed by atoms with Gasteiger partial charge in [0, 0.05) is 42.2 Å². The second-order valence-electron chi connectivity index (χ2n) is 7.97. The highest BCUT2D eigenvalue weighted by atomic mass is 32.2. The summed E-state index contributed by atoms with van der Waals surface area (Å²) in [5.74, 6) is 0.600. The molecule has 33 heavy (non-hydrogen) atoms. The van der Waals surface area contributed by atoms with E-state index in [2.05, 4.69) is 22.2 Å². The van der Waals surface area contributed by atoms with E-state index in [0.717, 1.165) is 16.7 Å². The number of rotatable bonds is 7. The van der Waals surface area contributed by atoms with Crippen molar-refractivity contribution in [1.29, 1.82) is 0 Å². The summed E-state index contributed by atoms with van der Waals surface area (Å²) < 4.78 is 12.9. The molecule has 1 fully saturated rings. The molecule has 1 aliphatic rings. The first kappa shape index (κ1) is 23.4. The predicted molar refractivity (Wildman–Crippen MR) is 126 cm³/mol. The third kappa shape index (κ3) is 5.97. The van der Waals surface area contributed by atoms with Gasteiger partial charge in [0.15, 0.2) is 11.4 Å². The number of aromatic nitrogens is 2. The summed E-state index contributed by atoms with van der Waals surface area (Å²) >= 11 is 1.55. The van der Waals surface area contributed by atoms with Gasteiger partial charge in [0.05, 0.1) is 18.8 Å². The Morgan fingerprint density at radius 3 is 2.52 bits per heavy atom. The van der Waals surface area contributed by atoms with Crippen LogP contribution in [0.5, 0.6) is 0 Å². The Kier molecular flexibility index (Phi) is 7.72. The van der Waals surface area contributed by atoms with Crippen LogP contribution in [0.4, 0.5) is 5.69 Å². The Hall–Kier alpha value is -2.78. The van der Waals surface area contributed by atoms with Gasteiger partial charge in [0.2, 0.25) is 5.91 Å². The van der Waals surface area contributed by atoms with Crippen LogP contribution in [0, 0.1) is 5.92 Å². The molecule has 4 rings (SSSR count). The molecule has 0 aliphatic carbocycles. The molecule has 0 bridgehead atoms. The summed E-state index contributed by atoms with van der Waals surface area (Å²) in [4.78, 5) is 20.1. The second kappa shape index (κ2) is 10.9. The molecular weight excluding hydrogens is 438 g/mol. The van der Waals surface area contributed by atoms with Crippen LogP contribution in [0.2, 0.25) is 0 Å². The van der Waals surface area contributed by atoms with Crippen LogP contribution in [-0.4, -0.2) is 32.8 Å². The van der Waals surface area contributed by atoms with Crippen molar-refractivity contribution in [3.05, 3.63) is 83.7 Å². The average Bonchev–Trinajstić information content (AvgIpc) is 2.84. The Morgan fingerprint density at radius 1 is 1.06 bits per heavy atom. The number of hydrogen-bond acceptors (Lipinski definition) is 7. The van der Waals surface area contributed by atoms with E-state index in [1.165, 1.54) is 6.92 Å². The molecule has 2 heterocycles. The zero-order chi connectivity index (χ0) is 23.2. The molecule has 172 valence electrons. The number of ether oxygens (including phenoxy) is 2. The number of anilines is 1. The van der Waals surface area contributed by atoms with Gasteiger partial charge in [0.25, 0.3) is 0 Å². The summed E-state index contributed by atoms with van der Waals surface area (Å²) in [6, 6.07) is 17.1. The highest BCUT2D eigenvalue weighted by molar-refractivity contribution is 7.99. The molecule has 4 atom stereocenters. The molecule has 1 aliphatic heterocycles. The van der Waals surface area contributed by atoms with Crippen molar-refractivity contribution in [3.8, 4) is 0 Å². The van der Waals surface area contributed by atoms with Crippen LogP contribution in [0.1, 0.15) is 42.9 Å². The fourth-order valence-electron chi connectivity index (χ4n) is 3.79. The Balaban J connectivity index is 1.60. The molecule has 2 aromatic carbocycles. The summed E-state index contributed by atoms with van der Waals surface area (Å²) in [6.07, 6.45) is 2.53. The zero-order valence-electron chi connectivity index (χ0n) is 18.5. The first-order valence-electron chi connectivity index (χ1n) is 10.8. The smallest absolute Gasteiger partial charge is 0.221 e. The lowest BCUT2D eigenvalue weighted by Gasteiger charge is -2.41. The summed E-state index contributed by atoms with van der Waals surface area (Å²) in [7, 11) is 0. The lowest BCUT2D eigenvalue weighted by molar-refractivity contribution is -0.268. The molecular formula is C25H27N3O4S. The van der Waals surface area contributed by atoms with Gasteiger partial charge in [-0.05, 0) is 29.3 Å². The van der Waals surface area contributed by atoms with Crippen LogP contribution in [0.25, 0.3) is 0 Å². The van der Waals surface area contributed by atoms with Gasteiger partial charge in [-0.2, -0.15) is 0 Å². The molecule has 2 N–H and O–H groups in total. The number of nitrogens with zero attached hydrogens (tertiary/aromatic N) is 2. The number of carbonyl (C=O) groups is 1. The lowest BCUT2D eigenvalue weighted by Crippen LogP contribution is -2.38. The maximum Gasteiger partial charge on any atom is 0.221 e. The topological polar surface area (TPSA) is 93.6 Å². The van der Waals surface area contributed by atoms with Gasteiger partial charge in [-0.3, -0.25) is 4.79 Å². The fourth-order valence-corrected chi connectivity index (χ4v) is 4.76. The Morgan fingerprint density at radius 2 is 1.82 bits per heavy atom. The highest BCUT2D eigenvalue weighted by Crippen LogP contribution is 2.43. The normalized spacial score (nSPS) is 22.6. The predicted octanol–water partition coefficient (Wildman–Crippen LogP) is 4.51. The number of amides is 1. The summed E-state index contributed by atoms with van der Waals surface area (Å²) in [6.45, 7) is 3.60. The summed E-state index contributed by atoms with van der Waals surface area (Å²) in [5, 5.41) is 12.9. The van der Waals surface area contributed by atoms with Crippen LogP contribution in [0.3, 0.4) is 0 Å². The number of aliphatic hydroxyl groups excluding tert-OH is 1. The average molecular weight is 466 g/mol. The molecule has 8 heteroatoms. The highest BCUT2D eigenvalue weighted by Gasteiger charge is 2.38. The minimum Gasteiger partial charge on any atom is -0.392 e. The SMILES string of the molecule is CC(=O)Nc1cccc(C2OC(CSc3ncccn3)C(C)C(c3ccc(CO)cc3)O2)c1. The van der Waals surface area contributed by atoms with E-state index in [9.17, 15) is 9.90 Å². The van der Waals surface area contributed by atoms with Crippen LogP contribution in [-0.2, 0) is 20.9 Å². The van der Waals surface area contributed by atoms with E-state index >= 15 is 0 Å². The molecule has 1 aromatic heterocycles. The third-order valence-corrected chi connectivity index (χ3v) is 6.49. The van der Waals surface area contributed by atoms with Gasteiger partial charge >= 0.3 is 0 Å². The molecule has 7 nitrogen and oxygen atoms in total. The van der Waals surface area contributed by atoms with Gasteiger partial charge in [-0.25, -0.2) is 9.97 Å². The summed E-state index contributed by atoms with van der Waals surface area (Å²) in [5.41, 5.74) is 3.40. The van der Waals surface area contributed by atoms with Gasteiger partial charge in [-0.1, -0.05) is 55.1 Å². The monoisotopic (exact) mass is 465 g/mol. The van der Waals surface area contributed by atoms with E-state index in [4.69, 9.17) is 9.47 Å². The maximum absolute atomic E-state index is 11.5. The van der Waals surface area contributed by atoms with Crippen molar-refractivity contribution in [2.24, 2.45) is 5.92 Å². The molecule has 1 saturated heterocycles. The van der Waals surface area contributed by atoms with Crippen LogP contribution in [0.15, 0.2) is 72.1 Å². The van der Waals surface area contributed by atoms with Crippen molar-refractivity contribution < 1.29 is 19.4 Å². The number of hydrogen-bond donors (Lipinski definition) is 2. The van der Waals surface area contributed by atoms with Crippen LogP contribution < -0.4 is 5.32 Å². The van der Waals surface area contributed by atoms with Crippen LogP contribution >= 0.6 is 11.8 Å². The van der Waals surface area contributed by atoms with Crippen molar-refractivity contribution in [1.82, 2.24) is 9.97 Å². The minimum atomic E-state index is -0.597. The first-order valence-corrected chi connectivity index (χ1v) is 11.8. The number of carbonyl (C=O) groups excluding carboxylic acids is 1. The van der Waals surface area contributed by atoms with Gasteiger partial charge < -0.3 is 19.9 Å². The lowest BCUT2D eigenvalue weighted by atomic mass is 9.91. The largest absolute Gasteiger partial charge is 0.392 e. The van der Waals surface area contributed by atoms with Gasteiger partial charge in [0.1, 0.15) is 0 Å². The molecule has 1 amide bonds. The van der Waals surface area contributed by atoms with Crippen molar-refractivity contribution in [2.45, 2.75) is 44.1 Å². The third-order valence-electron chi connectivity index (χ3n) is 5.52. The minimum absolute atomic E-state index is 0.000620. The molecule has 0 radical (unpaired) electrons. The zero-order valence-corrected chi connectivity index (χ0v) is 19.4. The molecule has 0 spiro atoms. The Labute approximate surface area is 197 Å². The first-order chi connectivity index (χ1) is 16.0. The number of thioether (sulfide) groups is 1. The van der Waals surface area contributed by atoms with Crippen molar-refractivity contribution >= 4 is 23.4 Å². The Bertz CT molecular complexity index is 1060. The number of benzene rings is 2. The standard InChI is InChI=1S/C25H27N3O4S/c1-16-22(15-33-25-26-11-4-12-27-25)31-24(20-5-3-6-21(13-20)28-17(2)30)32-23(16)19-9-7-18(14-29)8-10-19/h3-13,16,22-24,29H,14-15H2,1-2H3,(H,28,30). The van der Waals surface area contributed by atoms with Crippen molar-refractivity contribution in [3.63, 3.8) is 0 Å². The molecule has 4 unspecified atom stereocenters. The maximum atomic E-state index is 11.5. The molecule has 0 saturated carbocycles. The van der Waals surface area contributed by atoms with E-state index in [1.807, 2.05) is 48.5 Å². The van der Waals surface area contributed by atoms with E-state index in [0.29, 0.717) is 16.6 Å². The molecule has 3 aromatic rings. The van der Waals surface area contributed by atoms with Gasteiger partial charge in [-0.15, -0.1) is 0 Å². The number of nitrogens with one attached hydrogen (secondary N) is 1. The van der Waals surface area contributed by atoms with Crippen molar-refractivity contribution in [2.75, 3.05) is 11.1 Å². The second-order valence-corrected chi connectivity index (χ2v) is 8.96. The van der Waals surface area contributed by atoms with E-state index < -0.39 is 6.29 Å².